The number of hydrogen-bond acceptors (Lipinski definition) is 10. The number of anilines is 1. The Bertz CT molecular complexity index is 1340. The first-order chi connectivity index (χ1) is 18.8. The molecule has 2 aromatic carbocycles. The second kappa shape index (κ2) is 12.5. The van der Waals surface area contributed by atoms with Gasteiger partial charge in [0.2, 0.25) is 11.2 Å². The van der Waals surface area contributed by atoms with Crippen molar-refractivity contribution in [2.75, 3.05) is 52.4 Å². The summed E-state index contributed by atoms with van der Waals surface area (Å²) in [7, 11) is 4.19. The van der Waals surface area contributed by atoms with Gasteiger partial charge in [0.05, 0.1) is 45.8 Å². The number of rotatable bonds is 9. The van der Waals surface area contributed by atoms with Crippen LogP contribution in [0.25, 0.3) is 0 Å². The van der Waals surface area contributed by atoms with Crippen molar-refractivity contribution in [1.82, 2.24) is 4.90 Å². The van der Waals surface area contributed by atoms with Gasteiger partial charge in [-0.05, 0) is 42.0 Å². The van der Waals surface area contributed by atoms with Gasteiger partial charge in [-0.1, -0.05) is 12.1 Å². The fourth-order valence-corrected chi connectivity index (χ4v) is 4.63. The maximum Gasteiger partial charge on any atom is 0.337 e. The lowest BCUT2D eigenvalue weighted by molar-refractivity contribution is -0.140. The van der Waals surface area contributed by atoms with Gasteiger partial charge in [0.1, 0.15) is 11.5 Å². The highest BCUT2D eigenvalue weighted by molar-refractivity contribution is 5.89. The van der Waals surface area contributed by atoms with Gasteiger partial charge in [-0.15, -0.1) is 0 Å². The molecule has 1 fully saturated rings. The Kier molecular flexibility index (Phi) is 8.88. The van der Waals surface area contributed by atoms with Gasteiger partial charge >= 0.3 is 11.9 Å². The van der Waals surface area contributed by atoms with Crippen molar-refractivity contribution in [3.8, 4) is 11.5 Å². The molecule has 0 amide bonds. The lowest BCUT2D eigenvalue weighted by atomic mass is 9.91. The largest absolute Gasteiger partial charge is 0.502 e. The number of piperazine rings is 1. The van der Waals surface area contributed by atoms with Crippen LogP contribution in [0.5, 0.6) is 11.5 Å². The molecule has 0 spiro atoms. The van der Waals surface area contributed by atoms with E-state index in [0.717, 1.165) is 37.6 Å². The maximum absolute atomic E-state index is 12.7. The molecule has 10 heteroatoms. The van der Waals surface area contributed by atoms with Crippen LogP contribution in [0.4, 0.5) is 5.69 Å². The molecule has 0 unspecified atom stereocenters. The molecule has 1 saturated heterocycles. The average molecular weight is 537 g/mol. The maximum atomic E-state index is 12.7. The van der Waals surface area contributed by atoms with Gasteiger partial charge < -0.3 is 28.6 Å². The molecule has 4 rings (SSSR count). The molecular formula is C29H32N2O8. The van der Waals surface area contributed by atoms with E-state index in [1.54, 1.807) is 31.4 Å². The molecule has 206 valence electrons. The Balaban J connectivity index is 1.54. The second-order valence-corrected chi connectivity index (χ2v) is 9.20. The van der Waals surface area contributed by atoms with E-state index < -0.39 is 29.0 Å². The van der Waals surface area contributed by atoms with Crippen LogP contribution in [-0.2, 0) is 20.8 Å². The summed E-state index contributed by atoms with van der Waals surface area (Å²) in [6.45, 7) is 3.43. The van der Waals surface area contributed by atoms with E-state index in [1.165, 1.54) is 20.3 Å². The summed E-state index contributed by atoms with van der Waals surface area (Å²) < 4.78 is 20.9. The highest BCUT2D eigenvalue weighted by Gasteiger charge is 2.28. The van der Waals surface area contributed by atoms with E-state index >= 15 is 0 Å². The van der Waals surface area contributed by atoms with Crippen LogP contribution in [-0.4, -0.2) is 69.5 Å². The number of ether oxygens (including phenoxy) is 3. The van der Waals surface area contributed by atoms with Crippen LogP contribution in [0.3, 0.4) is 0 Å². The van der Waals surface area contributed by atoms with E-state index in [1.807, 2.05) is 24.3 Å². The van der Waals surface area contributed by atoms with Crippen molar-refractivity contribution < 1.29 is 33.3 Å². The predicted octanol–water partition coefficient (Wildman–Crippen LogP) is 3.16. The van der Waals surface area contributed by atoms with Crippen molar-refractivity contribution in [1.29, 1.82) is 0 Å². The van der Waals surface area contributed by atoms with Crippen LogP contribution in [0, 0.1) is 0 Å². The van der Waals surface area contributed by atoms with Gasteiger partial charge in [0, 0.05) is 37.9 Å². The van der Waals surface area contributed by atoms with Crippen molar-refractivity contribution in [3.05, 3.63) is 87.5 Å². The van der Waals surface area contributed by atoms with Crippen molar-refractivity contribution in [2.24, 2.45) is 0 Å². The minimum absolute atomic E-state index is 0.0226. The van der Waals surface area contributed by atoms with Crippen LogP contribution in [0.2, 0.25) is 0 Å². The zero-order valence-electron chi connectivity index (χ0n) is 22.2. The molecular weight excluding hydrogens is 504 g/mol. The number of methoxy groups -OCH3 is 3. The van der Waals surface area contributed by atoms with E-state index in [2.05, 4.69) is 9.80 Å². The van der Waals surface area contributed by atoms with Gasteiger partial charge in [0.15, 0.2) is 5.76 Å². The Morgan fingerprint density at radius 1 is 0.949 bits per heavy atom. The topological polar surface area (TPSA) is 119 Å². The quantitative estimate of drug-likeness (QED) is 0.409. The number of aromatic hydroxyl groups is 1. The molecule has 10 nitrogen and oxygen atoms in total. The SMILES string of the molecule is COC(=O)C[C@H](c1ccc(C(=O)OC)cc1)c1oc(CN2CCN(c3ccc(OC)cc3)CC2)cc(=O)c1O. The Morgan fingerprint density at radius 2 is 1.62 bits per heavy atom. The molecule has 1 N–H and O–H groups in total. The molecule has 0 saturated carbocycles. The molecule has 1 aromatic heterocycles. The molecule has 39 heavy (non-hydrogen) atoms. The van der Waals surface area contributed by atoms with Gasteiger partial charge in [0.25, 0.3) is 0 Å². The second-order valence-electron chi connectivity index (χ2n) is 9.20. The highest BCUT2D eigenvalue weighted by Crippen LogP contribution is 2.34. The summed E-state index contributed by atoms with van der Waals surface area (Å²) in [5, 5.41) is 10.7. The van der Waals surface area contributed by atoms with Gasteiger partial charge in [-0.25, -0.2) is 4.79 Å². The normalized spacial score (nSPS) is 14.5. The molecule has 0 radical (unpaired) electrons. The van der Waals surface area contributed by atoms with E-state index in [0.29, 0.717) is 23.4 Å². The number of nitrogens with zero attached hydrogens (tertiary/aromatic N) is 2. The molecule has 1 aliphatic heterocycles. The molecule has 2 heterocycles. The smallest absolute Gasteiger partial charge is 0.337 e. The minimum Gasteiger partial charge on any atom is -0.502 e. The zero-order valence-corrected chi connectivity index (χ0v) is 22.2. The van der Waals surface area contributed by atoms with E-state index in [4.69, 9.17) is 18.6 Å². The van der Waals surface area contributed by atoms with Crippen molar-refractivity contribution >= 4 is 17.6 Å². The monoisotopic (exact) mass is 536 g/mol. The zero-order chi connectivity index (χ0) is 27.9. The number of hydrogen-bond donors (Lipinski definition) is 1. The first-order valence-corrected chi connectivity index (χ1v) is 12.5. The third kappa shape index (κ3) is 6.58. The van der Waals surface area contributed by atoms with Crippen LogP contribution < -0.4 is 15.1 Å². The van der Waals surface area contributed by atoms with Crippen LogP contribution in [0.1, 0.15) is 39.8 Å². The Hall–Kier alpha value is -4.31. The summed E-state index contributed by atoms with van der Waals surface area (Å²) >= 11 is 0. The summed E-state index contributed by atoms with van der Waals surface area (Å²) in [5.74, 6) is -1.25. The summed E-state index contributed by atoms with van der Waals surface area (Å²) in [6, 6.07) is 15.6. The van der Waals surface area contributed by atoms with Crippen LogP contribution >= 0.6 is 0 Å². The van der Waals surface area contributed by atoms with Gasteiger partial charge in [-0.2, -0.15) is 0 Å². The highest BCUT2D eigenvalue weighted by atomic mass is 16.5. The Morgan fingerprint density at radius 3 is 2.21 bits per heavy atom. The number of carbonyl (C=O) groups is 2. The lowest BCUT2D eigenvalue weighted by Crippen LogP contribution is -2.46. The summed E-state index contributed by atoms with van der Waals surface area (Å²) in [4.78, 5) is 41.3. The fraction of sp³-hybridized carbons (Fsp3) is 0.345. The molecule has 1 atom stereocenters. The predicted molar refractivity (Wildman–Crippen MR) is 143 cm³/mol. The Labute approximate surface area is 226 Å². The minimum atomic E-state index is -0.802. The number of esters is 2. The average Bonchev–Trinajstić information content (AvgIpc) is 2.97. The summed E-state index contributed by atoms with van der Waals surface area (Å²) in [6.07, 6.45) is -0.172. The van der Waals surface area contributed by atoms with Crippen molar-refractivity contribution in [3.63, 3.8) is 0 Å². The summed E-state index contributed by atoms with van der Waals surface area (Å²) in [5.41, 5.74) is 1.41. The number of benzene rings is 2. The molecule has 0 aliphatic carbocycles. The first kappa shape index (κ1) is 27.7. The van der Waals surface area contributed by atoms with E-state index in [9.17, 15) is 19.5 Å². The standard InChI is InChI=1S/C29H32N2O8/c1-36-22-10-8-21(9-11-22)31-14-12-30(13-15-31)18-23-16-25(32)27(34)28(39-23)24(17-26(33)37-2)19-4-6-20(7-5-19)29(35)38-3/h4-11,16,24,34H,12-15,17-18H2,1-3H3/t24-/m1/s1. The fourth-order valence-electron chi connectivity index (χ4n) is 4.63. The molecule has 0 bridgehead atoms. The lowest BCUT2D eigenvalue weighted by Gasteiger charge is -2.36. The van der Waals surface area contributed by atoms with Crippen LogP contribution in [0.15, 0.2) is 63.8 Å². The van der Waals surface area contributed by atoms with Crippen molar-refractivity contribution in [2.45, 2.75) is 18.9 Å². The molecule has 1 aliphatic rings. The van der Waals surface area contributed by atoms with Gasteiger partial charge in [-0.3, -0.25) is 14.5 Å². The third-order valence-corrected chi connectivity index (χ3v) is 6.84. The molecule has 3 aromatic rings. The third-order valence-electron chi connectivity index (χ3n) is 6.84. The van der Waals surface area contributed by atoms with E-state index in [-0.39, 0.29) is 12.2 Å². The first-order valence-electron chi connectivity index (χ1n) is 12.5. The number of carbonyl (C=O) groups excluding carboxylic acids is 2.